The van der Waals surface area contributed by atoms with Crippen molar-refractivity contribution >= 4 is 0 Å². The summed E-state index contributed by atoms with van der Waals surface area (Å²) in [5, 5.41) is 3.65. The van der Waals surface area contributed by atoms with Gasteiger partial charge in [0, 0.05) is 45.3 Å². The first-order chi connectivity index (χ1) is 8.79. The maximum absolute atomic E-state index is 3.65. The molecule has 1 aliphatic heterocycles. The van der Waals surface area contributed by atoms with Crippen LogP contribution in [0.1, 0.15) is 32.6 Å². The molecule has 3 nitrogen and oxygen atoms in total. The van der Waals surface area contributed by atoms with Gasteiger partial charge in [-0.1, -0.05) is 6.92 Å². The molecule has 3 heteroatoms. The molecule has 0 aromatic rings. The molecule has 2 saturated carbocycles. The van der Waals surface area contributed by atoms with E-state index in [1.54, 1.807) is 0 Å². The summed E-state index contributed by atoms with van der Waals surface area (Å²) >= 11 is 0. The summed E-state index contributed by atoms with van der Waals surface area (Å²) < 4.78 is 0. The third kappa shape index (κ3) is 4.22. The van der Waals surface area contributed by atoms with Gasteiger partial charge >= 0.3 is 0 Å². The van der Waals surface area contributed by atoms with Crippen LogP contribution >= 0.6 is 0 Å². The highest BCUT2D eigenvalue weighted by molar-refractivity contribution is 4.83. The lowest BCUT2D eigenvalue weighted by molar-refractivity contribution is 0.116. The normalized spacial score (nSPS) is 28.5. The van der Waals surface area contributed by atoms with Crippen molar-refractivity contribution in [2.75, 3.05) is 45.8 Å². The molecule has 0 aromatic heterocycles. The molecule has 104 valence electrons. The van der Waals surface area contributed by atoms with Crippen molar-refractivity contribution in [1.82, 2.24) is 15.1 Å². The summed E-state index contributed by atoms with van der Waals surface area (Å²) in [7, 11) is 0. The van der Waals surface area contributed by atoms with Gasteiger partial charge in [0.2, 0.25) is 0 Å². The largest absolute Gasteiger partial charge is 0.314 e. The molecule has 1 N–H and O–H groups in total. The van der Waals surface area contributed by atoms with Crippen molar-refractivity contribution in [2.45, 2.75) is 38.6 Å². The molecule has 0 radical (unpaired) electrons. The standard InChI is InChI=1S/C15H29N3/c1-13(10-16-15-4-5-15)11-17-6-8-18(9-7-17)12-14-2-3-14/h13-16H,2-12H2,1H3. The van der Waals surface area contributed by atoms with E-state index in [0.29, 0.717) is 0 Å². The predicted molar refractivity (Wildman–Crippen MR) is 75.8 cm³/mol. The lowest BCUT2D eigenvalue weighted by Crippen LogP contribution is -2.48. The quantitative estimate of drug-likeness (QED) is 0.738. The molecule has 1 saturated heterocycles. The zero-order chi connectivity index (χ0) is 12.4. The number of nitrogens with zero attached hydrogens (tertiary/aromatic N) is 2. The van der Waals surface area contributed by atoms with Crippen LogP contribution in [0.2, 0.25) is 0 Å². The summed E-state index contributed by atoms with van der Waals surface area (Å²) in [4.78, 5) is 5.35. The van der Waals surface area contributed by atoms with Gasteiger partial charge in [0.05, 0.1) is 0 Å². The monoisotopic (exact) mass is 251 g/mol. The molecule has 0 aromatic carbocycles. The average molecular weight is 251 g/mol. The molecular formula is C15H29N3. The summed E-state index contributed by atoms with van der Waals surface area (Å²) in [5.74, 6) is 1.86. The van der Waals surface area contributed by atoms with Crippen molar-refractivity contribution < 1.29 is 0 Å². The number of hydrogen-bond donors (Lipinski definition) is 1. The predicted octanol–water partition coefficient (Wildman–Crippen LogP) is 1.40. The third-order valence-electron chi connectivity index (χ3n) is 4.58. The van der Waals surface area contributed by atoms with Crippen LogP contribution in [0.25, 0.3) is 0 Å². The molecule has 3 aliphatic rings. The second-order valence-electron chi connectivity index (χ2n) is 6.83. The zero-order valence-corrected chi connectivity index (χ0v) is 11.9. The molecule has 1 atom stereocenters. The van der Waals surface area contributed by atoms with E-state index in [-0.39, 0.29) is 0 Å². The number of piperazine rings is 1. The Morgan fingerprint density at radius 2 is 1.67 bits per heavy atom. The van der Waals surface area contributed by atoms with Gasteiger partial charge in [-0.05, 0) is 44.1 Å². The van der Waals surface area contributed by atoms with Crippen molar-refractivity contribution in [3.8, 4) is 0 Å². The van der Waals surface area contributed by atoms with Crippen LogP contribution < -0.4 is 5.32 Å². The maximum Gasteiger partial charge on any atom is 0.0110 e. The molecule has 1 unspecified atom stereocenters. The molecule has 0 spiro atoms. The molecule has 3 fully saturated rings. The fraction of sp³-hybridized carbons (Fsp3) is 1.00. The van der Waals surface area contributed by atoms with Crippen molar-refractivity contribution in [3.63, 3.8) is 0 Å². The Kier molecular flexibility index (Phi) is 4.22. The van der Waals surface area contributed by atoms with Gasteiger partial charge in [0.15, 0.2) is 0 Å². The molecule has 18 heavy (non-hydrogen) atoms. The van der Waals surface area contributed by atoms with Crippen LogP contribution in [0.3, 0.4) is 0 Å². The molecule has 0 amide bonds. The molecule has 0 bridgehead atoms. The minimum absolute atomic E-state index is 0.806. The van der Waals surface area contributed by atoms with Crippen molar-refractivity contribution in [2.24, 2.45) is 11.8 Å². The lowest BCUT2D eigenvalue weighted by Gasteiger charge is -2.36. The van der Waals surface area contributed by atoms with Gasteiger partial charge < -0.3 is 15.1 Å². The fourth-order valence-corrected chi connectivity index (χ4v) is 2.98. The topological polar surface area (TPSA) is 18.5 Å². The van der Waals surface area contributed by atoms with Gasteiger partial charge in [-0.2, -0.15) is 0 Å². The van der Waals surface area contributed by atoms with E-state index in [4.69, 9.17) is 0 Å². The van der Waals surface area contributed by atoms with Crippen molar-refractivity contribution in [1.29, 1.82) is 0 Å². The second-order valence-corrected chi connectivity index (χ2v) is 6.83. The van der Waals surface area contributed by atoms with E-state index >= 15 is 0 Å². The SMILES string of the molecule is CC(CNC1CC1)CN1CCN(CC2CC2)CC1. The minimum atomic E-state index is 0.806. The van der Waals surface area contributed by atoms with Gasteiger partial charge in [0.1, 0.15) is 0 Å². The highest BCUT2D eigenvalue weighted by Crippen LogP contribution is 2.29. The number of rotatable bonds is 7. The summed E-state index contributed by atoms with van der Waals surface area (Å²) in [6.07, 6.45) is 5.80. The second kappa shape index (κ2) is 5.89. The molecule has 2 aliphatic carbocycles. The van der Waals surface area contributed by atoms with E-state index in [1.807, 2.05) is 0 Å². The number of nitrogens with one attached hydrogen (secondary N) is 1. The first-order valence-electron chi connectivity index (χ1n) is 7.97. The fourth-order valence-electron chi connectivity index (χ4n) is 2.98. The summed E-state index contributed by atoms with van der Waals surface area (Å²) in [6, 6.07) is 0.864. The van der Waals surface area contributed by atoms with E-state index in [0.717, 1.165) is 17.9 Å². The Morgan fingerprint density at radius 3 is 2.28 bits per heavy atom. The van der Waals surface area contributed by atoms with E-state index < -0.39 is 0 Å². The molecular weight excluding hydrogens is 222 g/mol. The van der Waals surface area contributed by atoms with E-state index in [2.05, 4.69) is 22.0 Å². The Hall–Kier alpha value is -0.120. The number of hydrogen-bond acceptors (Lipinski definition) is 3. The summed E-state index contributed by atoms with van der Waals surface area (Å²) in [6.45, 7) is 11.5. The van der Waals surface area contributed by atoms with Crippen LogP contribution in [0, 0.1) is 11.8 Å². The minimum Gasteiger partial charge on any atom is -0.314 e. The Balaban J connectivity index is 1.28. The first-order valence-corrected chi connectivity index (χ1v) is 7.97. The molecule has 1 heterocycles. The van der Waals surface area contributed by atoms with Gasteiger partial charge in [-0.15, -0.1) is 0 Å². The van der Waals surface area contributed by atoms with Gasteiger partial charge in [0.25, 0.3) is 0 Å². The first kappa shape index (κ1) is 12.9. The maximum atomic E-state index is 3.65. The van der Waals surface area contributed by atoms with Crippen LogP contribution in [-0.2, 0) is 0 Å². The third-order valence-corrected chi connectivity index (χ3v) is 4.58. The zero-order valence-electron chi connectivity index (χ0n) is 11.9. The smallest absolute Gasteiger partial charge is 0.0110 e. The Labute approximate surface area is 112 Å². The van der Waals surface area contributed by atoms with E-state index in [1.165, 1.54) is 71.5 Å². The van der Waals surface area contributed by atoms with Crippen LogP contribution in [0.4, 0.5) is 0 Å². The average Bonchev–Trinajstić information content (AvgIpc) is 3.24. The lowest BCUT2D eigenvalue weighted by atomic mass is 10.1. The van der Waals surface area contributed by atoms with Gasteiger partial charge in [-0.3, -0.25) is 0 Å². The Morgan fingerprint density at radius 1 is 1.00 bits per heavy atom. The van der Waals surface area contributed by atoms with Crippen LogP contribution in [-0.4, -0.2) is 61.7 Å². The van der Waals surface area contributed by atoms with Crippen LogP contribution in [0.5, 0.6) is 0 Å². The van der Waals surface area contributed by atoms with Crippen molar-refractivity contribution in [3.05, 3.63) is 0 Å². The summed E-state index contributed by atoms with van der Waals surface area (Å²) in [5.41, 5.74) is 0. The Bertz CT molecular complexity index is 252. The van der Waals surface area contributed by atoms with E-state index in [9.17, 15) is 0 Å². The highest BCUT2D eigenvalue weighted by Gasteiger charge is 2.27. The molecule has 3 rings (SSSR count). The van der Waals surface area contributed by atoms with Crippen LogP contribution in [0.15, 0.2) is 0 Å². The highest BCUT2D eigenvalue weighted by atomic mass is 15.3. The van der Waals surface area contributed by atoms with Gasteiger partial charge in [-0.25, -0.2) is 0 Å².